The van der Waals surface area contributed by atoms with Crippen molar-refractivity contribution in [1.82, 2.24) is 5.43 Å². The Morgan fingerprint density at radius 1 is 1.10 bits per heavy atom. The molecule has 1 atom stereocenters. The molecule has 0 aliphatic rings. The zero-order valence-electron chi connectivity index (χ0n) is 13.0. The van der Waals surface area contributed by atoms with E-state index in [4.69, 9.17) is 10.6 Å². The number of aryl methyl sites for hydroxylation is 2. The Morgan fingerprint density at radius 3 is 2.38 bits per heavy atom. The van der Waals surface area contributed by atoms with E-state index in [0.717, 1.165) is 17.7 Å². The fourth-order valence-electron chi connectivity index (χ4n) is 2.74. The largest absolute Gasteiger partial charge is 0.494 e. The highest BCUT2D eigenvalue weighted by atomic mass is 16.5. The molecule has 1 unspecified atom stereocenters. The normalized spacial score (nSPS) is 12.2. The second-order valence-electron chi connectivity index (χ2n) is 5.39. The molecule has 0 amide bonds. The Bertz CT molecular complexity index is 575. The van der Waals surface area contributed by atoms with Crippen LogP contribution in [-0.4, -0.2) is 6.61 Å². The van der Waals surface area contributed by atoms with Gasteiger partial charge in [0, 0.05) is 5.56 Å². The number of nitrogens with one attached hydrogen (secondary N) is 1. The average molecular weight is 284 g/mol. The molecule has 2 aromatic carbocycles. The standard InChI is InChI=1S/C18H24N2O/c1-4-21-18-8-6-5-7-16(18)17(20-19)12-15-10-13(2)9-14(3)11-15/h5-11,17,20H,4,12,19H2,1-3H3. The van der Waals surface area contributed by atoms with E-state index in [-0.39, 0.29) is 6.04 Å². The van der Waals surface area contributed by atoms with Gasteiger partial charge in [0.05, 0.1) is 12.6 Å². The van der Waals surface area contributed by atoms with Crippen LogP contribution in [0, 0.1) is 13.8 Å². The van der Waals surface area contributed by atoms with E-state index < -0.39 is 0 Å². The number of benzene rings is 2. The molecule has 0 fully saturated rings. The first-order valence-corrected chi connectivity index (χ1v) is 7.39. The lowest BCUT2D eigenvalue weighted by Gasteiger charge is -2.20. The predicted octanol–water partition coefficient (Wildman–Crippen LogP) is 3.45. The van der Waals surface area contributed by atoms with Gasteiger partial charge in [0.1, 0.15) is 5.75 Å². The highest BCUT2D eigenvalue weighted by molar-refractivity contribution is 5.38. The number of ether oxygens (including phenoxy) is 1. The molecule has 0 heterocycles. The van der Waals surface area contributed by atoms with Crippen molar-refractivity contribution in [2.45, 2.75) is 33.2 Å². The van der Waals surface area contributed by atoms with Crippen LogP contribution < -0.4 is 16.0 Å². The second-order valence-corrected chi connectivity index (χ2v) is 5.39. The molecular weight excluding hydrogens is 260 g/mol. The van der Waals surface area contributed by atoms with Crippen molar-refractivity contribution in [3.05, 3.63) is 64.7 Å². The molecule has 2 aromatic rings. The average Bonchev–Trinajstić information content (AvgIpc) is 2.45. The summed E-state index contributed by atoms with van der Waals surface area (Å²) in [6.07, 6.45) is 0.836. The maximum absolute atomic E-state index is 5.79. The van der Waals surface area contributed by atoms with E-state index in [2.05, 4.69) is 43.5 Å². The number of rotatable bonds is 6. The van der Waals surface area contributed by atoms with Crippen LogP contribution in [-0.2, 0) is 6.42 Å². The summed E-state index contributed by atoms with van der Waals surface area (Å²) >= 11 is 0. The van der Waals surface area contributed by atoms with Crippen molar-refractivity contribution in [1.29, 1.82) is 0 Å². The molecule has 0 aliphatic carbocycles. The van der Waals surface area contributed by atoms with Gasteiger partial charge < -0.3 is 4.74 Å². The Morgan fingerprint density at radius 2 is 1.76 bits per heavy atom. The molecule has 0 aliphatic heterocycles. The molecule has 21 heavy (non-hydrogen) atoms. The lowest BCUT2D eigenvalue weighted by molar-refractivity contribution is 0.331. The van der Waals surface area contributed by atoms with Gasteiger partial charge in [-0.05, 0) is 38.8 Å². The van der Waals surface area contributed by atoms with Crippen molar-refractivity contribution >= 4 is 0 Å². The maximum Gasteiger partial charge on any atom is 0.124 e. The zero-order valence-corrected chi connectivity index (χ0v) is 13.0. The van der Waals surface area contributed by atoms with Crippen LogP contribution in [0.3, 0.4) is 0 Å². The van der Waals surface area contributed by atoms with Gasteiger partial charge in [-0.25, -0.2) is 0 Å². The van der Waals surface area contributed by atoms with Crippen LogP contribution in [0.25, 0.3) is 0 Å². The first-order chi connectivity index (χ1) is 10.1. The molecule has 112 valence electrons. The lowest BCUT2D eigenvalue weighted by Crippen LogP contribution is -2.30. The van der Waals surface area contributed by atoms with Gasteiger partial charge in [0.2, 0.25) is 0 Å². The Labute approximate surface area is 127 Å². The second kappa shape index (κ2) is 7.25. The predicted molar refractivity (Wildman–Crippen MR) is 87.3 cm³/mol. The molecule has 0 aromatic heterocycles. The molecule has 0 bridgehead atoms. The summed E-state index contributed by atoms with van der Waals surface area (Å²) in [6.45, 7) is 6.88. The molecular formula is C18H24N2O. The van der Waals surface area contributed by atoms with Crippen molar-refractivity contribution in [3.63, 3.8) is 0 Å². The third-order valence-electron chi connectivity index (χ3n) is 3.52. The van der Waals surface area contributed by atoms with Crippen LogP contribution >= 0.6 is 0 Å². The molecule has 0 saturated heterocycles. The highest BCUT2D eigenvalue weighted by Gasteiger charge is 2.15. The first-order valence-electron chi connectivity index (χ1n) is 7.39. The van der Waals surface area contributed by atoms with Crippen molar-refractivity contribution in [3.8, 4) is 5.75 Å². The minimum absolute atomic E-state index is 0.0361. The number of nitrogens with two attached hydrogens (primary N) is 1. The molecule has 3 nitrogen and oxygen atoms in total. The fraction of sp³-hybridized carbons (Fsp3) is 0.333. The lowest BCUT2D eigenvalue weighted by atomic mass is 9.96. The van der Waals surface area contributed by atoms with E-state index >= 15 is 0 Å². The summed E-state index contributed by atoms with van der Waals surface area (Å²) in [5, 5.41) is 0. The van der Waals surface area contributed by atoms with Gasteiger partial charge in [-0.15, -0.1) is 0 Å². The van der Waals surface area contributed by atoms with Gasteiger partial charge >= 0.3 is 0 Å². The SMILES string of the molecule is CCOc1ccccc1C(Cc1cc(C)cc(C)c1)NN. The van der Waals surface area contributed by atoms with Gasteiger partial charge in [-0.2, -0.15) is 0 Å². The van der Waals surface area contributed by atoms with Crippen molar-refractivity contribution in [2.24, 2.45) is 5.84 Å². The van der Waals surface area contributed by atoms with Crippen LogP contribution in [0.1, 0.15) is 35.2 Å². The fourth-order valence-corrected chi connectivity index (χ4v) is 2.74. The van der Waals surface area contributed by atoms with Crippen LogP contribution in [0.5, 0.6) is 5.75 Å². The highest BCUT2D eigenvalue weighted by Crippen LogP contribution is 2.27. The summed E-state index contributed by atoms with van der Waals surface area (Å²) in [6, 6.07) is 14.7. The van der Waals surface area contributed by atoms with E-state index in [9.17, 15) is 0 Å². The van der Waals surface area contributed by atoms with E-state index in [0.29, 0.717) is 6.61 Å². The number of hydrogen-bond acceptors (Lipinski definition) is 3. The van der Waals surface area contributed by atoms with Gasteiger partial charge in [0.25, 0.3) is 0 Å². The number of hydrazine groups is 1. The molecule has 3 N–H and O–H groups in total. The summed E-state index contributed by atoms with van der Waals surface area (Å²) in [5.41, 5.74) is 7.86. The topological polar surface area (TPSA) is 47.3 Å². The molecule has 0 spiro atoms. The molecule has 0 radical (unpaired) electrons. The Kier molecular flexibility index (Phi) is 5.37. The van der Waals surface area contributed by atoms with E-state index in [1.54, 1.807) is 0 Å². The third kappa shape index (κ3) is 4.06. The maximum atomic E-state index is 5.79. The third-order valence-corrected chi connectivity index (χ3v) is 3.52. The number of hydrogen-bond donors (Lipinski definition) is 2. The minimum atomic E-state index is 0.0361. The summed E-state index contributed by atoms with van der Waals surface area (Å²) in [7, 11) is 0. The Balaban J connectivity index is 2.27. The monoisotopic (exact) mass is 284 g/mol. The van der Waals surface area contributed by atoms with Crippen LogP contribution in [0.4, 0.5) is 0 Å². The van der Waals surface area contributed by atoms with Gasteiger partial charge in [0.15, 0.2) is 0 Å². The summed E-state index contributed by atoms with van der Waals surface area (Å²) in [4.78, 5) is 0. The van der Waals surface area contributed by atoms with E-state index in [1.165, 1.54) is 16.7 Å². The van der Waals surface area contributed by atoms with Crippen molar-refractivity contribution in [2.75, 3.05) is 6.61 Å². The van der Waals surface area contributed by atoms with Crippen LogP contribution in [0.15, 0.2) is 42.5 Å². The molecule has 0 saturated carbocycles. The zero-order chi connectivity index (χ0) is 15.2. The minimum Gasteiger partial charge on any atom is -0.494 e. The summed E-state index contributed by atoms with van der Waals surface area (Å²) < 4.78 is 5.71. The van der Waals surface area contributed by atoms with Gasteiger partial charge in [-0.1, -0.05) is 47.5 Å². The summed E-state index contributed by atoms with van der Waals surface area (Å²) in [5.74, 6) is 6.68. The Hall–Kier alpha value is -1.84. The molecule has 2 rings (SSSR count). The number of para-hydroxylation sites is 1. The quantitative estimate of drug-likeness (QED) is 0.631. The first kappa shape index (κ1) is 15.5. The van der Waals surface area contributed by atoms with Crippen molar-refractivity contribution < 1.29 is 4.74 Å². The van der Waals surface area contributed by atoms with Gasteiger partial charge in [-0.3, -0.25) is 11.3 Å². The smallest absolute Gasteiger partial charge is 0.124 e. The molecule has 3 heteroatoms. The van der Waals surface area contributed by atoms with Crippen LogP contribution in [0.2, 0.25) is 0 Å². The van der Waals surface area contributed by atoms with E-state index in [1.807, 2.05) is 25.1 Å².